The highest BCUT2D eigenvalue weighted by atomic mass is 16.3. The van der Waals surface area contributed by atoms with Gasteiger partial charge in [-0.3, -0.25) is 0 Å². The first-order valence-corrected chi connectivity index (χ1v) is 7.29. The summed E-state index contributed by atoms with van der Waals surface area (Å²) in [5, 5.41) is 13.2. The highest BCUT2D eigenvalue weighted by Crippen LogP contribution is 2.39. The van der Waals surface area contributed by atoms with Crippen LogP contribution in [-0.2, 0) is 0 Å². The van der Waals surface area contributed by atoms with E-state index in [1.807, 2.05) is 12.1 Å². The maximum atomic E-state index is 9.62. The summed E-state index contributed by atoms with van der Waals surface area (Å²) < 4.78 is 0. The fourth-order valence-corrected chi connectivity index (χ4v) is 3.14. The number of nitrogens with one attached hydrogen (secondary N) is 1. The van der Waals surface area contributed by atoms with Crippen LogP contribution >= 0.6 is 0 Å². The Hall–Kier alpha value is -1.18. The number of hydrogen-bond acceptors (Lipinski definition) is 2. The summed E-state index contributed by atoms with van der Waals surface area (Å²) in [5.41, 5.74) is 2.50. The summed E-state index contributed by atoms with van der Waals surface area (Å²) in [6.07, 6.45) is 6.88. The minimum absolute atomic E-state index is 0.387. The molecule has 0 amide bonds. The molecule has 1 aromatic carbocycles. The van der Waals surface area contributed by atoms with Gasteiger partial charge in [-0.2, -0.15) is 0 Å². The van der Waals surface area contributed by atoms with E-state index in [1.165, 1.54) is 43.4 Å². The Morgan fingerprint density at radius 1 is 1.17 bits per heavy atom. The predicted octanol–water partition coefficient (Wildman–Crippen LogP) is 4.12. The van der Waals surface area contributed by atoms with E-state index in [-0.39, 0.29) is 0 Å². The first kappa shape index (κ1) is 11.9. The Morgan fingerprint density at radius 2 is 1.94 bits per heavy atom. The van der Waals surface area contributed by atoms with E-state index in [9.17, 15) is 5.11 Å². The van der Waals surface area contributed by atoms with Gasteiger partial charge < -0.3 is 10.4 Å². The average molecular weight is 245 g/mol. The van der Waals surface area contributed by atoms with Crippen LogP contribution in [0.2, 0.25) is 0 Å². The lowest BCUT2D eigenvalue weighted by Crippen LogP contribution is -2.19. The lowest BCUT2D eigenvalue weighted by atomic mass is 9.86. The van der Waals surface area contributed by atoms with Crippen molar-refractivity contribution in [3.8, 4) is 5.75 Å². The van der Waals surface area contributed by atoms with Gasteiger partial charge in [-0.15, -0.1) is 0 Å². The Morgan fingerprint density at radius 3 is 2.72 bits per heavy atom. The summed E-state index contributed by atoms with van der Waals surface area (Å²) in [6.45, 7) is 3.38. The third-order valence-corrected chi connectivity index (χ3v) is 4.52. The molecule has 2 heteroatoms. The maximum Gasteiger partial charge on any atom is 0.116 e. The Bertz CT molecular complexity index is 425. The van der Waals surface area contributed by atoms with E-state index in [2.05, 4.69) is 12.2 Å². The molecule has 0 saturated heterocycles. The molecule has 2 nitrogen and oxygen atoms in total. The predicted molar refractivity (Wildman–Crippen MR) is 75.1 cm³/mol. The molecule has 1 saturated carbocycles. The molecular formula is C16H23NO. The molecule has 1 fully saturated rings. The van der Waals surface area contributed by atoms with Crippen molar-refractivity contribution in [3.05, 3.63) is 23.8 Å². The number of anilines is 1. The average Bonchev–Trinajstić information content (AvgIpc) is 3.15. The Kier molecular flexibility index (Phi) is 3.19. The van der Waals surface area contributed by atoms with Crippen molar-refractivity contribution in [2.45, 2.75) is 44.9 Å². The molecule has 98 valence electrons. The van der Waals surface area contributed by atoms with Crippen LogP contribution in [0.15, 0.2) is 18.2 Å². The number of phenolic OH excluding ortho intramolecular Hbond substituents is 1. The second kappa shape index (κ2) is 4.83. The summed E-state index contributed by atoms with van der Waals surface area (Å²) in [4.78, 5) is 0. The van der Waals surface area contributed by atoms with Gasteiger partial charge in [0.2, 0.25) is 0 Å². The molecule has 0 spiro atoms. The van der Waals surface area contributed by atoms with Gasteiger partial charge in [-0.1, -0.05) is 19.8 Å². The third-order valence-electron chi connectivity index (χ3n) is 4.52. The number of fused-ring (bicyclic) bond motifs is 1. The van der Waals surface area contributed by atoms with Crippen LogP contribution in [0, 0.1) is 11.8 Å². The summed E-state index contributed by atoms with van der Waals surface area (Å²) >= 11 is 0. The quantitative estimate of drug-likeness (QED) is 0.768. The van der Waals surface area contributed by atoms with Crippen molar-refractivity contribution < 1.29 is 5.11 Å². The van der Waals surface area contributed by atoms with E-state index >= 15 is 0 Å². The van der Waals surface area contributed by atoms with Crippen molar-refractivity contribution in [1.29, 1.82) is 0 Å². The van der Waals surface area contributed by atoms with E-state index in [4.69, 9.17) is 0 Å². The lowest BCUT2D eigenvalue weighted by Gasteiger charge is -2.26. The SMILES string of the molecule is CC1CCC(CC2CC2)CNc2ccc(O)cc21. The molecule has 1 aliphatic heterocycles. The molecule has 1 aliphatic carbocycles. The van der Waals surface area contributed by atoms with Crippen LogP contribution < -0.4 is 5.32 Å². The topological polar surface area (TPSA) is 32.3 Å². The zero-order chi connectivity index (χ0) is 12.5. The van der Waals surface area contributed by atoms with Crippen LogP contribution in [-0.4, -0.2) is 11.7 Å². The van der Waals surface area contributed by atoms with Gasteiger partial charge in [0.1, 0.15) is 5.75 Å². The monoisotopic (exact) mass is 245 g/mol. The Balaban J connectivity index is 1.75. The van der Waals surface area contributed by atoms with Crippen LogP contribution in [0.25, 0.3) is 0 Å². The molecule has 0 radical (unpaired) electrons. The fraction of sp³-hybridized carbons (Fsp3) is 0.625. The normalized spacial score (nSPS) is 27.8. The first-order valence-electron chi connectivity index (χ1n) is 7.29. The minimum atomic E-state index is 0.387. The van der Waals surface area contributed by atoms with E-state index < -0.39 is 0 Å². The molecule has 2 aliphatic rings. The molecule has 0 aromatic heterocycles. The van der Waals surface area contributed by atoms with Gasteiger partial charge >= 0.3 is 0 Å². The van der Waals surface area contributed by atoms with E-state index in [1.54, 1.807) is 6.07 Å². The van der Waals surface area contributed by atoms with Gasteiger partial charge in [0, 0.05) is 12.2 Å². The number of aromatic hydroxyl groups is 1. The van der Waals surface area contributed by atoms with E-state index in [0.717, 1.165) is 18.4 Å². The smallest absolute Gasteiger partial charge is 0.116 e. The number of phenols is 1. The highest BCUT2D eigenvalue weighted by Gasteiger charge is 2.27. The molecule has 2 atom stereocenters. The molecule has 1 aromatic rings. The standard InChI is InChI=1S/C16H23NO/c1-11-2-3-13(8-12-4-5-12)10-17-16-7-6-14(18)9-15(11)16/h6-7,9,11-13,17-18H,2-5,8,10H2,1H3. The van der Waals surface area contributed by atoms with Crippen molar-refractivity contribution in [3.63, 3.8) is 0 Å². The highest BCUT2D eigenvalue weighted by molar-refractivity contribution is 5.55. The fourth-order valence-electron chi connectivity index (χ4n) is 3.14. The van der Waals surface area contributed by atoms with Crippen LogP contribution in [0.4, 0.5) is 5.69 Å². The first-order chi connectivity index (χ1) is 8.72. The van der Waals surface area contributed by atoms with Crippen LogP contribution in [0.1, 0.15) is 50.5 Å². The van der Waals surface area contributed by atoms with Gasteiger partial charge in [0.05, 0.1) is 0 Å². The van der Waals surface area contributed by atoms with Gasteiger partial charge in [-0.05, 0) is 60.8 Å². The number of rotatable bonds is 2. The second-order valence-corrected chi connectivity index (χ2v) is 6.18. The summed E-state index contributed by atoms with van der Waals surface area (Å²) in [6, 6.07) is 5.74. The van der Waals surface area contributed by atoms with E-state index in [0.29, 0.717) is 11.7 Å². The number of hydrogen-bond donors (Lipinski definition) is 2. The second-order valence-electron chi connectivity index (χ2n) is 6.18. The van der Waals surface area contributed by atoms with Crippen molar-refractivity contribution >= 4 is 5.69 Å². The van der Waals surface area contributed by atoms with Gasteiger partial charge in [-0.25, -0.2) is 0 Å². The molecule has 2 N–H and O–H groups in total. The van der Waals surface area contributed by atoms with Gasteiger partial charge in [0.25, 0.3) is 0 Å². The minimum Gasteiger partial charge on any atom is -0.508 e. The summed E-state index contributed by atoms with van der Waals surface area (Å²) in [7, 11) is 0. The van der Waals surface area contributed by atoms with Crippen molar-refractivity contribution in [2.24, 2.45) is 11.8 Å². The largest absolute Gasteiger partial charge is 0.508 e. The van der Waals surface area contributed by atoms with Crippen LogP contribution in [0.3, 0.4) is 0 Å². The maximum absolute atomic E-state index is 9.62. The lowest BCUT2D eigenvalue weighted by molar-refractivity contribution is 0.411. The third kappa shape index (κ3) is 2.63. The molecule has 2 unspecified atom stereocenters. The molecule has 3 rings (SSSR count). The Labute approximate surface area is 109 Å². The van der Waals surface area contributed by atoms with Crippen LogP contribution in [0.5, 0.6) is 5.75 Å². The molecule has 18 heavy (non-hydrogen) atoms. The molecule has 1 heterocycles. The van der Waals surface area contributed by atoms with Gasteiger partial charge in [0.15, 0.2) is 0 Å². The molecular weight excluding hydrogens is 222 g/mol. The zero-order valence-electron chi connectivity index (χ0n) is 11.2. The van der Waals surface area contributed by atoms with Crippen molar-refractivity contribution in [2.75, 3.05) is 11.9 Å². The number of benzene rings is 1. The molecule has 0 bridgehead atoms. The van der Waals surface area contributed by atoms with Crippen molar-refractivity contribution in [1.82, 2.24) is 0 Å². The summed E-state index contributed by atoms with van der Waals surface area (Å²) in [5.74, 6) is 2.78. The zero-order valence-corrected chi connectivity index (χ0v) is 11.2.